The Kier molecular flexibility index (Phi) is 4.85. The number of rotatable bonds is 4. The Morgan fingerprint density at radius 2 is 1.62 bits per heavy atom. The standard InChI is InChI=1S/C17H16O4/c1-12(18)11-14-9-5-6-10-15(14)17(20)21-16(19)13-7-3-2-4-8-13/h2-10,12,18H,11H2,1H3. The van der Waals surface area contributed by atoms with Gasteiger partial charge in [-0.1, -0.05) is 36.4 Å². The van der Waals surface area contributed by atoms with E-state index in [0.717, 1.165) is 0 Å². The van der Waals surface area contributed by atoms with Crippen LogP contribution >= 0.6 is 0 Å². The van der Waals surface area contributed by atoms with Crippen LogP contribution in [0.4, 0.5) is 0 Å². The zero-order valence-electron chi connectivity index (χ0n) is 11.7. The molecule has 0 fully saturated rings. The lowest BCUT2D eigenvalue weighted by molar-refractivity contribution is 0.0397. The van der Waals surface area contributed by atoms with Crippen molar-refractivity contribution in [2.24, 2.45) is 0 Å². The van der Waals surface area contributed by atoms with Gasteiger partial charge in [-0.25, -0.2) is 9.59 Å². The minimum absolute atomic E-state index is 0.294. The Balaban J connectivity index is 2.16. The number of carbonyl (C=O) groups is 2. The zero-order chi connectivity index (χ0) is 15.2. The maximum atomic E-state index is 12.1. The average Bonchev–Trinajstić information content (AvgIpc) is 2.48. The summed E-state index contributed by atoms with van der Waals surface area (Å²) in [6.07, 6.45) is -0.256. The van der Waals surface area contributed by atoms with E-state index in [1.807, 2.05) is 0 Å². The summed E-state index contributed by atoms with van der Waals surface area (Å²) >= 11 is 0. The molecule has 2 aromatic carbocycles. The maximum Gasteiger partial charge on any atom is 0.346 e. The highest BCUT2D eigenvalue weighted by Crippen LogP contribution is 2.14. The first-order valence-electron chi connectivity index (χ1n) is 6.65. The summed E-state index contributed by atoms with van der Waals surface area (Å²) in [6.45, 7) is 1.64. The number of hydrogen-bond donors (Lipinski definition) is 1. The van der Waals surface area contributed by atoms with Gasteiger partial charge in [-0.3, -0.25) is 0 Å². The Morgan fingerprint density at radius 3 is 2.29 bits per heavy atom. The molecule has 0 amide bonds. The van der Waals surface area contributed by atoms with Crippen LogP contribution in [0.5, 0.6) is 0 Å². The number of benzene rings is 2. The Morgan fingerprint density at radius 1 is 1.00 bits per heavy atom. The minimum Gasteiger partial charge on any atom is -0.393 e. The number of esters is 2. The summed E-state index contributed by atoms with van der Waals surface area (Å²) < 4.78 is 4.89. The fourth-order valence-electron chi connectivity index (χ4n) is 1.99. The van der Waals surface area contributed by atoms with E-state index in [9.17, 15) is 14.7 Å². The van der Waals surface area contributed by atoms with Crippen molar-refractivity contribution in [1.82, 2.24) is 0 Å². The second kappa shape index (κ2) is 6.81. The third-order valence-electron chi connectivity index (χ3n) is 2.95. The molecule has 0 bridgehead atoms. The van der Waals surface area contributed by atoms with E-state index in [1.165, 1.54) is 0 Å². The molecule has 2 aromatic rings. The summed E-state index contributed by atoms with van der Waals surface area (Å²) in [7, 11) is 0. The van der Waals surface area contributed by atoms with Crippen molar-refractivity contribution < 1.29 is 19.4 Å². The lowest BCUT2D eigenvalue weighted by atomic mass is 10.0. The monoisotopic (exact) mass is 284 g/mol. The molecule has 0 aromatic heterocycles. The van der Waals surface area contributed by atoms with Gasteiger partial charge in [0.05, 0.1) is 17.2 Å². The molecule has 4 nitrogen and oxygen atoms in total. The van der Waals surface area contributed by atoms with Crippen molar-refractivity contribution in [1.29, 1.82) is 0 Å². The van der Waals surface area contributed by atoms with Crippen molar-refractivity contribution in [2.75, 3.05) is 0 Å². The van der Waals surface area contributed by atoms with E-state index in [4.69, 9.17) is 4.74 Å². The molecule has 0 aliphatic rings. The molecule has 0 saturated heterocycles. The summed E-state index contributed by atoms with van der Waals surface area (Å²) in [5.41, 5.74) is 1.26. The van der Waals surface area contributed by atoms with Crippen molar-refractivity contribution in [3.8, 4) is 0 Å². The molecule has 0 spiro atoms. The van der Waals surface area contributed by atoms with E-state index < -0.39 is 18.0 Å². The highest BCUT2D eigenvalue weighted by atomic mass is 16.6. The Labute approximate surface area is 123 Å². The van der Waals surface area contributed by atoms with Crippen LogP contribution in [-0.2, 0) is 11.2 Å². The van der Waals surface area contributed by atoms with E-state index in [1.54, 1.807) is 61.5 Å². The third kappa shape index (κ3) is 4.00. The van der Waals surface area contributed by atoms with Gasteiger partial charge in [0.25, 0.3) is 0 Å². The number of aliphatic hydroxyl groups is 1. The molecule has 1 unspecified atom stereocenters. The molecule has 0 radical (unpaired) electrons. The molecule has 21 heavy (non-hydrogen) atoms. The van der Waals surface area contributed by atoms with Crippen LogP contribution in [0.25, 0.3) is 0 Å². The molecule has 0 saturated carbocycles. The Bertz CT molecular complexity index is 632. The van der Waals surface area contributed by atoms with Gasteiger partial charge < -0.3 is 9.84 Å². The Hall–Kier alpha value is -2.46. The fraction of sp³-hybridized carbons (Fsp3) is 0.176. The molecule has 0 aliphatic heterocycles. The van der Waals surface area contributed by atoms with Gasteiger partial charge in [0.2, 0.25) is 0 Å². The van der Waals surface area contributed by atoms with E-state index in [-0.39, 0.29) is 0 Å². The second-order valence-electron chi connectivity index (χ2n) is 4.75. The molecule has 1 N–H and O–H groups in total. The quantitative estimate of drug-likeness (QED) is 0.692. The number of hydrogen-bond acceptors (Lipinski definition) is 4. The minimum atomic E-state index is -0.708. The molecular weight excluding hydrogens is 268 g/mol. The van der Waals surface area contributed by atoms with E-state index >= 15 is 0 Å². The highest BCUT2D eigenvalue weighted by molar-refractivity contribution is 6.03. The van der Waals surface area contributed by atoms with Gasteiger partial charge in [-0.2, -0.15) is 0 Å². The van der Waals surface area contributed by atoms with E-state index in [2.05, 4.69) is 0 Å². The second-order valence-corrected chi connectivity index (χ2v) is 4.75. The first kappa shape index (κ1) is 14.9. The van der Waals surface area contributed by atoms with Crippen LogP contribution < -0.4 is 0 Å². The van der Waals surface area contributed by atoms with Crippen LogP contribution in [0, 0.1) is 0 Å². The number of carbonyl (C=O) groups excluding carboxylic acids is 2. The van der Waals surface area contributed by atoms with Gasteiger partial charge in [-0.15, -0.1) is 0 Å². The van der Waals surface area contributed by atoms with Crippen LogP contribution in [-0.4, -0.2) is 23.1 Å². The molecule has 1 atom stereocenters. The van der Waals surface area contributed by atoms with Crippen LogP contribution in [0.15, 0.2) is 54.6 Å². The van der Waals surface area contributed by atoms with Crippen molar-refractivity contribution in [3.05, 3.63) is 71.3 Å². The molecule has 4 heteroatoms. The van der Waals surface area contributed by atoms with Crippen LogP contribution in [0.1, 0.15) is 33.2 Å². The van der Waals surface area contributed by atoms with Crippen LogP contribution in [0.2, 0.25) is 0 Å². The van der Waals surface area contributed by atoms with Gasteiger partial charge in [0.15, 0.2) is 0 Å². The fourth-order valence-corrected chi connectivity index (χ4v) is 1.99. The van der Waals surface area contributed by atoms with Crippen LogP contribution in [0.3, 0.4) is 0 Å². The third-order valence-corrected chi connectivity index (χ3v) is 2.95. The molecule has 0 heterocycles. The van der Waals surface area contributed by atoms with Crippen molar-refractivity contribution in [3.63, 3.8) is 0 Å². The number of ether oxygens (including phenoxy) is 1. The summed E-state index contributed by atoms with van der Waals surface area (Å²) in [4.78, 5) is 24.0. The average molecular weight is 284 g/mol. The first-order valence-corrected chi connectivity index (χ1v) is 6.65. The predicted octanol–water partition coefficient (Wildman–Crippen LogP) is 2.61. The smallest absolute Gasteiger partial charge is 0.346 e. The highest BCUT2D eigenvalue weighted by Gasteiger charge is 2.18. The predicted molar refractivity (Wildman–Crippen MR) is 78.0 cm³/mol. The van der Waals surface area contributed by atoms with Crippen molar-refractivity contribution in [2.45, 2.75) is 19.4 Å². The van der Waals surface area contributed by atoms with Gasteiger partial charge in [0, 0.05) is 0 Å². The van der Waals surface area contributed by atoms with Crippen molar-refractivity contribution >= 4 is 11.9 Å². The summed E-state index contributed by atoms with van der Waals surface area (Å²) in [5.74, 6) is -1.40. The van der Waals surface area contributed by atoms with Gasteiger partial charge >= 0.3 is 11.9 Å². The van der Waals surface area contributed by atoms with E-state index in [0.29, 0.717) is 23.1 Å². The maximum absolute atomic E-state index is 12.1. The molecule has 0 aliphatic carbocycles. The summed E-state index contributed by atoms with van der Waals surface area (Å²) in [6, 6.07) is 15.1. The topological polar surface area (TPSA) is 63.6 Å². The summed E-state index contributed by atoms with van der Waals surface area (Å²) in [5, 5.41) is 9.45. The largest absolute Gasteiger partial charge is 0.393 e. The zero-order valence-corrected chi connectivity index (χ0v) is 11.7. The lowest BCUT2D eigenvalue weighted by Crippen LogP contribution is -2.16. The molecule has 2 rings (SSSR count). The molecular formula is C17H16O4. The normalized spacial score (nSPS) is 11.7. The SMILES string of the molecule is CC(O)Cc1ccccc1C(=O)OC(=O)c1ccccc1. The van der Waals surface area contributed by atoms with Gasteiger partial charge in [0.1, 0.15) is 0 Å². The lowest BCUT2D eigenvalue weighted by Gasteiger charge is -2.10. The first-order chi connectivity index (χ1) is 10.1. The number of aliphatic hydroxyl groups excluding tert-OH is 1. The molecule has 108 valence electrons. The van der Waals surface area contributed by atoms with Gasteiger partial charge in [-0.05, 0) is 37.1 Å².